The topological polar surface area (TPSA) is 142 Å². The number of nitrogens with two attached hydrogens (primary N) is 1. The van der Waals surface area contributed by atoms with Gasteiger partial charge in [-0.05, 0) is 81.2 Å². The number of aromatic amines is 1. The van der Waals surface area contributed by atoms with Crippen LogP contribution < -0.4 is 15.4 Å². The fourth-order valence-electron chi connectivity index (χ4n) is 13.0. The number of nitrogens with one attached hydrogen (secondary N) is 1. The largest absolute Gasteiger partial charge is 0.496 e. The molecule has 5 aliphatic heterocycles. The zero-order chi connectivity index (χ0) is 36.6. The summed E-state index contributed by atoms with van der Waals surface area (Å²) in [6.07, 6.45) is 5.77. The number of rotatable bonds is 5. The van der Waals surface area contributed by atoms with E-state index in [0.717, 1.165) is 86.4 Å². The third kappa shape index (κ3) is 4.26. The number of benzene rings is 2. The second kappa shape index (κ2) is 11.5. The van der Waals surface area contributed by atoms with Crippen LogP contribution in [0.2, 0.25) is 0 Å². The Balaban J connectivity index is 1.31. The highest BCUT2D eigenvalue weighted by atomic mass is 16.5. The number of ether oxygens (including phenoxy) is 1. The Hall–Kier alpha value is -2.96. The quantitative estimate of drug-likeness (QED) is 0.174. The molecule has 52 heavy (non-hydrogen) atoms. The van der Waals surface area contributed by atoms with E-state index < -0.39 is 45.8 Å². The standard InChI is InChI=1S/C42H57N5O5/c1-6-39(50)22-25-21-38(3,33-27(13-17-46(23-25)24-39)26-11-8-9-12-30(26)44-33)29-19-28-31(20-32(29)52-5)45(4)35-41(28)15-18-47-16-10-14-40(7-2,34(41)47)36(48)42(35,51)37(43)49/h8-12,14,19-20,25,34-37,44,48-51H,6-7,13,15-18,21-24,43H2,1-5H3/t25-,34-,35+,36+,37?,38+,39-,40+,41+,42-/m0/s1. The SMILES string of the molecule is CC[C@]1(O)C[C@H]2CN(CCc3c([nH]c4ccccc34)[C@@](C)(c3cc4c(cc3OC)N(C)[C@@H]3[C@]45CCN4CC=C[C@@](CC)([C@@H](O)[C@]3(O)C(N)O)[C@H]45)C2)C1. The highest BCUT2D eigenvalue weighted by Gasteiger charge is 2.78. The number of hydrogen-bond donors (Lipinski definition) is 6. The lowest BCUT2D eigenvalue weighted by Crippen LogP contribution is -2.82. The second-order valence-electron chi connectivity index (χ2n) is 17.6. The minimum atomic E-state index is -2.01. The third-order valence-electron chi connectivity index (χ3n) is 15.2. The Labute approximate surface area is 307 Å². The molecule has 2 saturated heterocycles. The molecule has 280 valence electrons. The second-order valence-corrected chi connectivity index (χ2v) is 17.6. The van der Waals surface area contributed by atoms with Gasteiger partial charge in [-0.2, -0.15) is 0 Å². The van der Waals surface area contributed by atoms with E-state index >= 15 is 0 Å². The minimum absolute atomic E-state index is 0.109. The van der Waals surface area contributed by atoms with Crippen molar-refractivity contribution in [1.82, 2.24) is 14.8 Å². The molecule has 2 aromatic carbocycles. The molecule has 10 heteroatoms. The molecule has 1 aromatic heterocycles. The number of H-pyrrole nitrogens is 1. The van der Waals surface area contributed by atoms with Crippen molar-refractivity contribution >= 4 is 16.6 Å². The van der Waals surface area contributed by atoms with Crippen LogP contribution in [0.1, 0.15) is 75.3 Å². The van der Waals surface area contributed by atoms with E-state index in [1.165, 1.54) is 16.6 Å². The minimum Gasteiger partial charge on any atom is -0.496 e. The van der Waals surface area contributed by atoms with Gasteiger partial charge in [0.25, 0.3) is 0 Å². The summed E-state index contributed by atoms with van der Waals surface area (Å²) in [7, 11) is 3.71. The van der Waals surface area contributed by atoms with Gasteiger partial charge in [-0.15, -0.1) is 0 Å². The van der Waals surface area contributed by atoms with Gasteiger partial charge in [0.05, 0.1) is 24.9 Å². The van der Waals surface area contributed by atoms with Crippen molar-refractivity contribution in [2.75, 3.05) is 51.8 Å². The van der Waals surface area contributed by atoms with Crippen LogP contribution in [-0.4, -0.2) is 118 Å². The number of methoxy groups -OCH3 is 1. The van der Waals surface area contributed by atoms with Crippen LogP contribution in [-0.2, 0) is 17.3 Å². The van der Waals surface area contributed by atoms with Crippen molar-refractivity contribution in [3.05, 3.63) is 70.9 Å². The molecule has 11 atom stereocenters. The summed E-state index contributed by atoms with van der Waals surface area (Å²) < 4.78 is 6.39. The summed E-state index contributed by atoms with van der Waals surface area (Å²) in [6, 6.07) is 12.3. The summed E-state index contributed by atoms with van der Waals surface area (Å²) in [4.78, 5) is 11.0. The van der Waals surface area contributed by atoms with E-state index in [4.69, 9.17) is 10.5 Å². The molecule has 0 radical (unpaired) electrons. The summed E-state index contributed by atoms with van der Waals surface area (Å²) in [5, 5.41) is 49.5. The van der Waals surface area contributed by atoms with Gasteiger partial charge in [0.1, 0.15) is 12.0 Å². The molecule has 9 rings (SSSR count). The lowest BCUT2D eigenvalue weighted by Gasteiger charge is -2.64. The fraction of sp³-hybridized carbons (Fsp3) is 0.619. The zero-order valence-corrected chi connectivity index (χ0v) is 31.4. The lowest BCUT2D eigenvalue weighted by molar-refractivity contribution is -0.235. The van der Waals surface area contributed by atoms with Crippen LogP contribution in [0, 0.1) is 11.3 Å². The maximum atomic E-state index is 12.8. The van der Waals surface area contributed by atoms with E-state index in [-0.39, 0.29) is 12.0 Å². The van der Waals surface area contributed by atoms with E-state index in [0.29, 0.717) is 13.0 Å². The van der Waals surface area contributed by atoms with E-state index in [1.54, 1.807) is 7.11 Å². The Bertz CT molecular complexity index is 1950. The molecule has 0 amide bonds. The van der Waals surface area contributed by atoms with E-state index in [9.17, 15) is 20.4 Å². The highest BCUT2D eigenvalue weighted by Crippen LogP contribution is 2.67. The van der Waals surface area contributed by atoms with Gasteiger partial charge in [-0.3, -0.25) is 9.80 Å². The molecule has 3 aromatic rings. The van der Waals surface area contributed by atoms with Gasteiger partial charge in [0, 0.05) is 89.4 Å². The fourth-order valence-corrected chi connectivity index (χ4v) is 13.0. The molecule has 6 heterocycles. The molecule has 10 nitrogen and oxygen atoms in total. The monoisotopic (exact) mass is 711 g/mol. The molecular formula is C42H57N5O5. The first-order chi connectivity index (χ1) is 24.8. The number of aliphatic hydroxyl groups excluding tert-OH is 2. The van der Waals surface area contributed by atoms with Crippen LogP contribution in [0.15, 0.2) is 48.6 Å². The maximum absolute atomic E-state index is 12.8. The van der Waals surface area contributed by atoms with Crippen molar-refractivity contribution in [2.45, 2.75) is 106 Å². The molecule has 6 aliphatic rings. The first kappa shape index (κ1) is 34.8. The number of para-hydroxylation sites is 1. The highest BCUT2D eigenvalue weighted by molar-refractivity contribution is 5.86. The molecule has 3 fully saturated rings. The van der Waals surface area contributed by atoms with Gasteiger partial charge in [-0.25, -0.2) is 0 Å². The number of aliphatic hydroxyl groups is 4. The lowest BCUT2D eigenvalue weighted by atomic mass is 9.47. The van der Waals surface area contributed by atoms with Crippen LogP contribution in [0.25, 0.3) is 10.9 Å². The van der Waals surface area contributed by atoms with Crippen molar-refractivity contribution in [3.8, 4) is 5.75 Å². The maximum Gasteiger partial charge on any atom is 0.151 e. The van der Waals surface area contributed by atoms with Crippen LogP contribution in [0.5, 0.6) is 5.75 Å². The van der Waals surface area contributed by atoms with Crippen LogP contribution in [0.3, 0.4) is 0 Å². The Morgan fingerprint density at radius 1 is 1.06 bits per heavy atom. The molecule has 2 unspecified atom stereocenters. The summed E-state index contributed by atoms with van der Waals surface area (Å²) >= 11 is 0. The first-order valence-electron chi connectivity index (χ1n) is 19.6. The van der Waals surface area contributed by atoms with Crippen molar-refractivity contribution in [2.24, 2.45) is 17.1 Å². The number of fused-ring (bicyclic) bond motifs is 6. The summed E-state index contributed by atoms with van der Waals surface area (Å²) in [6.45, 7) is 10.6. The van der Waals surface area contributed by atoms with Gasteiger partial charge in [0.15, 0.2) is 5.60 Å². The Morgan fingerprint density at radius 2 is 1.85 bits per heavy atom. The predicted octanol–water partition coefficient (Wildman–Crippen LogP) is 3.37. The number of aromatic nitrogens is 1. The molecule has 7 N–H and O–H groups in total. The number of anilines is 1. The molecule has 1 saturated carbocycles. The third-order valence-corrected chi connectivity index (χ3v) is 15.2. The first-order valence-corrected chi connectivity index (χ1v) is 19.6. The Morgan fingerprint density at radius 3 is 2.58 bits per heavy atom. The molecule has 2 bridgehead atoms. The zero-order valence-electron chi connectivity index (χ0n) is 31.4. The average Bonchev–Trinajstić information content (AvgIpc) is 3.79. The molecule has 1 aliphatic carbocycles. The number of nitrogens with zero attached hydrogens (tertiary/aromatic N) is 3. The van der Waals surface area contributed by atoms with Gasteiger partial charge < -0.3 is 40.8 Å². The Kier molecular flexibility index (Phi) is 7.71. The van der Waals surface area contributed by atoms with Crippen molar-refractivity contribution < 1.29 is 25.2 Å². The van der Waals surface area contributed by atoms with Crippen molar-refractivity contribution in [3.63, 3.8) is 0 Å². The van der Waals surface area contributed by atoms with Crippen molar-refractivity contribution in [1.29, 1.82) is 0 Å². The number of hydrogen-bond acceptors (Lipinski definition) is 9. The summed E-state index contributed by atoms with van der Waals surface area (Å²) in [5.41, 5.74) is 8.44. The normalized spacial score (nSPS) is 41.4. The smallest absolute Gasteiger partial charge is 0.151 e. The van der Waals surface area contributed by atoms with Gasteiger partial charge >= 0.3 is 0 Å². The van der Waals surface area contributed by atoms with Crippen LogP contribution in [0.4, 0.5) is 5.69 Å². The van der Waals surface area contributed by atoms with E-state index in [1.807, 2.05) is 7.05 Å². The van der Waals surface area contributed by atoms with E-state index in [2.05, 4.69) is 89.0 Å². The number of likely N-dealkylation sites (N-methyl/N-ethyl adjacent to an activating group) is 1. The van der Waals surface area contributed by atoms with Gasteiger partial charge in [-0.1, -0.05) is 44.2 Å². The molecular weight excluding hydrogens is 654 g/mol. The summed E-state index contributed by atoms with van der Waals surface area (Å²) in [5.74, 6) is 1.01. The van der Waals surface area contributed by atoms with Gasteiger partial charge in [0.2, 0.25) is 0 Å². The predicted molar refractivity (Wildman–Crippen MR) is 203 cm³/mol. The molecule has 1 spiro atoms. The average molecular weight is 712 g/mol. The van der Waals surface area contributed by atoms with Crippen LogP contribution >= 0.6 is 0 Å². The number of piperidine rings is 1.